The Kier molecular flexibility index (Phi) is 4.52. The number of amides is 1. The van der Waals surface area contributed by atoms with E-state index in [0.29, 0.717) is 24.9 Å². The van der Waals surface area contributed by atoms with Crippen molar-refractivity contribution in [2.75, 3.05) is 19.6 Å². The minimum absolute atomic E-state index is 0.218. The molecule has 3 fully saturated rings. The molecule has 0 aromatic carbocycles. The quantitative estimate of drug-likeness (QED) is 0.790. The van der Waals surface area contributed by atoms with Crippen LogP contribution >= 0.6 is 11.3 Å². The number of fused-ring (bicyclic) bond motifs is 4. The minimum atomic E-state index is 0.218. The highest BCUT2D eigenvalue weighted by atomic mass is 32.1. The molecule has 128 valence electrons. The number of aryl methyl sites for hydroxylation is 1. The lowest BCUT2D eigenvalue weighted by molar-refractivity contribution is -0.135. The Bertz CT molecular complexity index is 659. The monoisotopic (exact) mass is 347 g/mol. The van der Waals surface area contributed by atoms with Gasteiger partial charge in [-0.1, -0.05) is 0 Å². The summed E-state index contributed by atoms with van der Waals surface area (Å²) >= 11 is 1.64. The molecule has 2 atom stereocenters. The minimum Gasteiger partial charge on any atom is -0.338 e. The van der Waals surface area contributed by atoms with Crippen LogP contribution in [0.1, 0.15) is 25.0 Å². The number of rotatable bonds is 5. The molecule has 5 rings (SSSR count). The lowest BCUT2D eigenvalue weighted by Gasteiger charge is -2.36. The normalized spacial score (nSPS) is 24.2. The number of aromatic nitrogens is 5. The van der Waals surface area contributed by atoms with Gasteiger partial charge in [-0.15, -0.1) is 16.4 Å². The first-order valence-electron chi connectivity index (χ1n) is 8.37. The average Bonchev–Trinajstić information content (AvgIpc) is 3.21. The standard InChI is InChI=1S/C15H21N7OS/c23-15(3-4-21-10-17-18-19-21)22-6-12-1-2-14(22)8-20(5-12)7-13-9-24-11-16-13/h9-12,14H,1-8H2/t12-,14+/m0/s1. The zero-order valence-corrected chi connectivity index (χ0v) is 14.3. The molecule has 8 nitrogen and oxygen atoms in total. The number of carbonyl (C=O) groups excluding carboxylic acids is 1. The third-order valence-corrected chi connectivity index (χ3v) is 5.56. The van der Waals surface area contributed by atoms with Gasteiger partial charge in [0.15, 0.2) is 0 Å². The van der Waals surface area contributed by atoms with Crippen molar-refractivity contribution in [2.45, 2.75) is 38.4 Å². The van der Waals surface area contributed by atoms with Crippen LogP contribution < -0.4 is 0 Å². The van der Waals surface area contributed by atoms with Crippen molar-refractivity contribution in [1.29, 1.82) is 0 Å². The van der Waals surface area contributed by atoms with E-state index >= 15 is 0 Å². The molecule has 2 bridgehead atoms. The summed E-state index contributed by atoms with van der Waals surface area (Å²) < 4.78 is 1.61. The van der Waals surface area contributed by atoms with Crippen molar-refractivity contribution in [1.82, 2.24) is 35.0 Å². The van der Waals surface area contributed by atoms with E-state index in [1.165, 1.54) is 6.42 Å². The van der Waals surface area contributed by atoms with Crippen molar-refractivity contribution in [3.05, 3.63) is 22.9 Å². The van der Waals surface area contributed by atoms with Gasteiger partial charge in [-0.05, 0) is 29.2 Å². The van der Waals surface area contributed by atoms with Crippen LogP contribution in [0.2, 0.25) is 0 Å². The molecule has 9 heteroatoms. The second-order valence-electron chi connectivity index (χ2n) is 6.64. The maximum atomic E-state index is 12.7. The molecule has 0 radical (unpaired) electrons. The number of hydrogen-bond donors (Lipinski definition) is 0. The van der Waals surface area contributed by atoms with Gasteiger partial charge >= 0.3 is 0 Å². The second kappa shape index (κ2) is 6.94. The van der Waals surface area contributed by atoms with Crippen LogP contribution in [0.15, 0.2) is 17.2 Å². The van der Waals surface area contributed by atoms with Gasteiger partial charge in [0, 0.05) is 44.0 Å². The number of piperidine rings is 1. The Morgan fingerprint density at radius 3 is 3.04 bits per heavy atom. The number of carbonyl (C=O) groups is 1. The van der Waals surface area contributed by atoms with Crippen LogP contribution in [0.4, 0.5) is 0 Å². The van der Waals surface area contributed by atoms with Crippen molar-refractivity contribution in [2.24, 2.45) is 5.92 Å². The molecule has 0 spiro atoms. The molecule has 0 saturated carbocycles. The molecule has 24 heavy (non-hydrogen) atoms. The summed E-state index contributed by atoms with van der Waals surface area (Å²) in [6.07, 6.45) is 4.33. The highest BCUT2D eigenvalue weighted by Crippen LogP contribution is 2.29. The highest BCUT2D eigenvalue weighted by Gasteiger charge is 2.36. The van der Waals surface area contributed by atoms with Gasteiger partial charge in [-0.2, -0.15) is 0 Å². The van der Waals surface area contributed by atoms with Gasteiger partial charge in [-0.25, -0.2) is 9.67 Å². The zero-order valence-electron chi connectivity index (χ0n) is 13.5. The lowest BCUT2D eigenvalue weighted by atomic mass is 9.94. The van der Waals surface area contributed by atoms with Crippen molar-refractivity contribution < 1.29 is 4.79 Å². The third kappa shape index (κ3) is 3.46. The van der Waals surface area contributed by atoms with E-state index in [1.807, 2.05) is 5.51 Å². The number of thiazole rings is 1. The van der Waals surface area contributed by atoms with E-state index in [1.54, 1.807) is 22.3 Å². The van der Waals surface area contributed by atoms with Gasteiger partial charge in [0.2, 0.25) is 5.91 Å². The van der Waals surface area contributed by atoms with E-state index in [4.69, 9.17) is 0 Å². The van der Waals surface area contributed by atoms with E-state index in [0.717, 1.165) is 38.3 Å². The zero-order chi connectivity index (χ0) is 16.4. The van der Waals surface area contributed by atoms with Crippen LogP contribution in [0.3, 0.4) is 0 Å². The molecule has 5 heterocycles. The van der Waals surface area contributed by atoms with Crippen LogP contribution in [0.5, 0.6) is 0 Å². The molecule has 2 aromatic heterocycles. The van der Waals surface area contributed by atoms with Gasteiger partial charge in [-0.3, -0.25) is 9.69 Å². The van der Waals surface area contributed by atoms with E-state index in [9.17, 15) is 4.79 Å². The third-order valence-electron chi connectivity index (χ3n) is 4.92. The summed E-state index contributed by atoms with van der Waals surface area (Å²) in [6.45, 7) is 4.33. The first-order valence-corrected chi connectivity index (χ1v) is 9.32. The molecule has 0 aliphatic carbocycles. The van der Waals surface area contributed by atoms with Crippen molar-refractivity contribution in [3.63, 3.8) is 0 Å². The summed E-state index contributed by atoms with van der Waals surface area (Å²) in [7, 11) is 0. The number of nitrogens with zero attached hydrogens (tertiary/aromatic N) is 7. The summed E-state index contributed by atoms with van der Waals surface area (Å²) in [6, 6.07) is 0.323. The molecule has 3 saturated heterocycles. The summed E-state index contributed by atoms with van der Waals surface area (Å²) in [5.74, 6) is 0.787. The predicted octanol–water partition coefficient (Wildman–Crippen LogP) is 0.643. The van der Waals surface area contributed by atoms with Crippen molar-refractivity contribution >= 4 is 17.2 Å². The predicted molar refractivity (Wildman–Crippen MR) is 88.1 cm³/mol. The number of tetrazole rings is 1. The molecule has 2 aromatic rings. The molecular weight excluding hydrogens is 326 g/mol. The molecule has 1 amide bonds. The fraction of sp³-hybridized carbons (Fsp3) is 0.667. The van der Waals surface area contributed by atoms with E-state index in [-0.39, 0.29) is 5.91 Å². The van der Waals surface area contributed by atoms with Crippen LogP contribution in [-0.4, -0.2) is 66.6 Å². The molecular formula is C15H21N7OS. The Labute approximate surface area is 144 Å². The fourth-order valence-electron chi connectivity index (χ4n) is 3.79. The van der Waals surface area contributed by atoms with Gasteiger partial charge < -0.3 is 4.90 Å². The van der Waals surface area contributed by atoms with E-state index < -0.39 is 0 Å². The average molecular weight is 347 g/mol. The molecule has 0 unspecified atom stereocenters. The SMILES string of the molecule is O=C(CCn1cnnn1)N1C[C@H]2CC[C@@H]1CN(Cc1cscn1)C2. The van der Waals surface area contributed by atoms with Gasteiger partial charge in [0.25, 0.3) is 0 Å². The Morgan fingerprint density at radius 2 is 2.25 bits per heavy atom. The Morgan fingerprint density at radius 1 is 1.29 bits per heavy atom. The summed E-state index contributed by atoms with van der Waals surface area (Å²) in [4.78, 5) is 21.6. The van der Waals surface area contributed by atoms with Gasteiger partial charge in [0.1, 0.15) is 6.33 Å². The largest absolute Gasteiger partial charge is 0.338 e. The highest BCUT2D eigenvalue weighted by molar-refractivity contribution is 7.07. The van der Waals surface area contributed by atoms with Crippen molar-refractivity contribution in [3.8, 4) is 0 Å². The van der Waals surface area contributed by atoms with Crippen LogP contribution in [0.25, 0.3) is 0 Å². The number of hydrogen-bond acceptors (Lipinski definition) is 7. The molecule has 0 N–H and O–H groups in total. The van der Waals surface area contributed by atoms with Crippen LogP contribution in [0, 0.1) is 5.92 Å². The Balaban J connectivity index is 1.38. The first kappa shape index (κ1) is 15.6. The van der Waals surface area contributed by atoms with E-state index in [2.05, 4.69) is 35.7 Å². The second-order valence-corrected chi connectivity index (χ2v) is 7.36. The Hall–Kier alpha value is -1.87. The maximum absolute atomic E-state index is 12.7. The molecule has 3 aliphatic rings. The maximum Gasteiger partial charge on any atom is 0.224 e. The first-order chi connectivity index (χ1) is 11.8. The summed E-state index contributed by atoms with van der Waals surface area (Å²) in [5, 5.41) is 13.2. The smallest absolute Gasteiger partial charge is 0.224 e. The topological polar surface area (TPSA) is 80.0 Å². The van der Waals surface area contributed by atoms with Crippen LogP contribution in [-0.2, 0) is 17.9 Å². The fourth-order valence-corrected chi connectivity index (χ4v) is 4.34. The summed E-state index contributed by atoms with van der Waals surface area (Å²) in [5.41, 5.74) is 3.02. The lowest BCUT2D eigenvalue weighted by Crippen LogP contribution is -2.47. The molecule has 3 aliphatic heterocycles. The van der Waals surface area contributed by atoms with Gasteiger partial charge in [0.05, 0.1) is 17.7 Å².